The van der Waals surface area contributed by atoms with Crippen molar-refractivity contribution in [3.63, 3.8) is 0 Å². The van der Waals surface area contributed by atoms with Crippen molar-refractivity contribution in [3.05, 3.63) is 60.4 Å². The molecule has 1 aromatic heterocycles. The number of aromatic nitrogens is 1. The number of hydrogen-bond acceptors (Lipinski definition) is 4. The predicted molar refractivity (Wildman–Crippen MR) is 106 cm³/mol. The number of nitrogens with zero attached hydrogens (tertiary/aromatic N) is 3. The summed E-state index contributed by atoms with van der Waals surface area (Å²) in [4.78, 5) is 33.5. The van der Waals surface area contributed by atoms with Crippen LogP contribution in [-0.2, 0) is 20.9 Å². The molecule has 0 radical (unpaired) electrons. The van der Waals surface area contributed by atoms with Crippen LogP contribution in [0.25, 0.3) is 0 Å². The maximum Gasteiger partial charge on any atom is 0.239 e. The first kappa shape index (κ1) is 18.6. The van der Waals surface area contributed by atoms with Gasteiger partial charge in [-0.1, -0.05) is 24.3 Å². The summed E-state index contributed by atoms with van der Waals surface area (Å²) in [6.07, 6.45) is 4.06. The number of hydrogen-bond donors (Lipinski definition) is 0. The minimum absolute atomic E-state index is 0.0355. The largest absolute Gasteiger partial charge is 0.372 e. The number of ether oxygens (including phenoxy) is 1. The number of carbonyl (C=O) groups excluding carboxylic acids is 2. The Balaban J connectivity index is 1.28. The van der Waals surface area contributed by atoms with Crippen molar-refractivity contribution in [1.29, 1.82) is 0 Å². The second-order valence-corrected chi connectivity index (χ2v) is 7.32. The quantitative estimate of drug-likeness (QED) is 0.750. The third-order valence-corrected chi connectivity index (χ3v) is 5.52. The van der Waals surface area contributed by atoms with E-state index in [0.29, 0.717) is 32.7 Å². The van der Waals surface area contributed by atoms with Gasteiger partial charge in [-0.15, -0.1) is 0 Å². The Morgan fingerprint density at radius 2 is 1.75 bits per heavy atom. The Bertz CT molecular complexity index is 804. The van der Waals surface area contributed by atoms with Gasteiger partial charge in [-0.3, -0.25) is 14.6 Å². The second-order valence-electron chi connectivity index (χ2n) is 7.32. The highest BCUT2D eigenvalue weighted by molar-refractivity contribution is 6.09. The maximum atomic E-state index is 12.9. The van der Waals surface area contributed by atoms with E-state index in [4.69, 9.17) is 4.74 Å². The zero-order chi connectivity index (χ0) is 19.3. The van der Waals surface area contributed by atoms with Gasteiger partial charge in [0.1, 0.15) is 5.92 Å². The van der Waals surface area contributed by atoms with Crippen molar-refractivity contribution >= 4 is 17.5 Å². The minimum Gasteiger partial charge on any atom is -0.372 e. The smallest absolute Gasteiger partial charge is 0.239 e. The van der Waals surface area contributed by atoms with Gasteiger partial charge in [0.25, 0.3) is 0 Å². The predicted octanol–water partition coefficient (Wildman–Crippen LogP) is 2.64. The van der Waals surface area contributed by atoms with Crippen molar-refractivity contribution < 1.29 is 14.3 Å². The number of piperidine rings is 1. The molecule has 2 aliphatic rings. The van der Waals surface area contributed by atoms with Crippen molar-refractivity contribution in [3.8, 4) is 0 Å². The van der Waals surface area contributed by atoms with E-state index >= 15 is 0 Å². The molecule has 2 saturated heterocycles. The van der Waals surface area contributed by atoms with Gasteiger partial charge in [0.2, 0.25) is 11.8 Å². The van der Waals surface area contributed by atoms with Gasteiger partial charge in [0.05, 0.1) is 18.4 Å². The van der Waals surface area contributed by atoms with Gasteiger partial charge in [0, 0.05) is 31.5 Å². The third-order valence-electron chi connectivity index (χ3n) is 5.52. The topological polar surface area (TPSA) is 62.7 Å². The van der Waals surface area contributed by atoms with Crippen LogP contribution in [0.1, 0.15) is 25.0 Å². The SMILES string of the molecule is O=C(C1CCN(c2ccccc2)C1=O)N1CCC(OCc2ccccn2)CC1. The average Bonchev–Trinajstić information content (AvgIpc) is 3.15. The normalized spacial score (nSPS) is 20.6. The molecular weight excluding hydrogens is 354 g/mol. The Kier molecular flexibility index (Phi) is 5.67. The Hall–Kier alpha value is -2.73. The standard InChI is InChI=1S/C22H25N3O3/c26-21(20-11-15-25(22(20)27)18-7-2-1-3-8-18)24-13-9-19(10-14-24)28-16-17-6-4-5-12-23-17/h1-8,12,19-20H,9-11,13-16H2. The number of likely N-dealkylation sites (tertiary alicyclic amines) is 1. The molecule has 3 heterocycles. The zero-order valence-corrected chi connectivity index (χ0v) is 15.9. The van der Waals surface area contributed by atoms with Gasteiger partial charge < -0.3 is 14.5 Å². The molecule has 0 bridgehead atoms. The summed E-state index contributed by atoms with van der Waals surface area (Å²) in [5.41, 5.74) is 1.78. The average molecular weight is 379 g/mol. The lowest BCUT2D eigenvalue weighted by molar-refractivity contribution is -0.142. The fourth-order valence-corrected chi connectivity index (χ4v) is 3.92. The lowest BCUT2D eigenvalue weighted by atomic mass is 10.0. The molecule has 1 atom stereocenters. The first-order valence-corrected chi connectivity index (χ1v) is 9.89. The molecule has 1 aromatic carbocycles. The molecule has 2 aliphatic heterocycles. The van der Waals surface area contributed by atoms with E-state index in [1.807, 2.05) is 53.4 Å². The molecule has 146 valence electrons. The van der Waals surface area contributed by atoms with Gasteiger partial charge >= 0.3 is 0 Å². The van der Waals surface area contributed by atoms with Crippen LogP contribution in [0.5, 0.6) is 0 Å². The number of anilines is 1. The molecule has 4 rings (SSSR count). The highest BCUT2D eigenvalue weighted by Gasteiger charge is 2.40. The molecule has 1 unspecified atom stereocenters. The molecule has 0 N–H and O–H groups in total. The molecular formula is C22H25N3O3. The van der Waals surface area contributed by atoms with Crippen LogP contribution in [0, 0.1) is 5.92 Å². The van der Waals surface area contributed by atoms with Crippen LogP contribution < -0.4 is 4.90 Å². The highest BCUT2D eigenvalue weighted by atomic mass is 16.5. The first-order chi connectivity index (χ1) is 13.7. The number of amides is 2. The van der Waals surface area contributed by atoms with E-state index < -0.39 is 5.92 Å². The van der Waals surface area contributed by atoms with E-state index in [1.165, 1.54) is 0 Å². The fourth-order valence-electron chi connectivity index (χ4n) is 3.92. The van der Waals surface area contributed by atoms with Crippen LogP contribution in [0.2, 0.25) is 0 Å². The number of carbonyl (C=O) groups is 2. The Morgan fingerprint density at radius 1 is 1.00 bits per heavy atom. The summed E-state index contributed by atoms with van der Waals surface area (Å²) >= 11 is 0. The van der Waals surface area contributed by atoms with Crippen molar-refractivity contribution in [1.82, 2.24) is 9.88 Å². The molecule has 0 spiro atoms. The summed E-state index contributed by atoms with van der Waals surface area (Å²) < 4.78 is 5.94. The summed E-state index contributed by atoms with van der Waals surface area (Å²) in [6, 6.07) is 15.3. The van der Waals surface area contributed by atoms with E-state index in [2.05, 4.69) is 4.98 Å². The summed E-state index contributed by atoms with van der Waals surface area (Å²) in [5, 5.41) is 0. The molecule has 6 heteroatoms. The van der Waals surface area contributed by atoms with E-state index in [0.717, 1.165) is 24.2 Å². The van der Waals surface area contributed by atoms with Crippen molar-refractivity contribution in [2.45, 2.75) is 32.0 Å². The van der Waals surface area contributed by atoms with Crippen molar-refractivity contribution in [2.75, 3.05) is 24.5 Å². The van der Waals surface area contributed by atoms with E-state index in [-0.39, 0.29) is 17.9 Å². The van der Waals surface area contributed by atoms with Gasteiger partial charge in [-0.2, -0.15) is 0 Å². The second kappa shape index (κ2) is 8.52. The van der Waals surface area contributed by atoms with Crippen LogP contribution >= 0.6 is 0 Å². The summed E-state index contributed by atoms with van der Waals surface area (Å²) in [7, 11) is 0. The Labute approximate surface area is 165 Å². The van der Waals surface area contributed by atoms with Crippen LogP contribution in [0.4, 0.5) is 5.69 Å². The molecule has 28 heavy (non-hydrogen) atoms. The molecule has 2 amide bonds. The number of pyridine rings is 1. The highest BCUT2D eigenvalue weighted by Crippen LogP contribution is 2.27. The zero-order valence-electron chi connectivity index (χ0n) is 15.9. The monoisotopic (exact) mass is 379 g/mol. The fraction of sp³-hybridized carbons (Fsp3) is 0.409. The number of para-hydroxylation sites is 1. The first-order valence-electron chi connectivity index (χ1n) is 9.89. The summed E-state index contributed by atoms with van der Waals surface area (Å²) in [6.45, 7) is 2.37. The number of benzene rings is 1. The molecule has 0 aliphatic carbocycles. The molecule has 6 nitrogen and oxygen atoms in total. The lowest BCUT2D eigenvalue weighted by Gasteiger charge is -2.33. The molecule has 2 fully saturated rings. The van der Waals surface area contributed by atoms with E-state index in [9.17, 15) is 9.59 Å². The minimum atomic E-state index is -0.550. The van der Waals surface area contributed by atoms with Crippen LogP contribution in [-0.4, -0.2) is 47.4 Å². The number of rotatable bonds is 5. The van der Waals surface area contributed by atoms with Gasteiger partial charge in [-0.25, -0.2) is 0 Å². The lowest BCUT2D eigenvalue weighted by Crippen LogP contribution is -2.45. The maximum absolute atomic E-state index is 12.9. The van der Waals surface area contributed by atoms with Crippen LogP contribution in [0.15, 0.2) is 54.7 Å². The Morgan fingerprint density at radius 3 is 2.46 bits per heavy atom. The summed E-state index contributed by atoms with van der Waals surface area (Å²) in [5.74, 6) is -0.664. The van der Waals surface area contributed by atoms with Gasteiger partial charge in [-0.05, 0) is 43.5 Å². The molecule has 2 aromatic rings. The van der Waals surface area contributed by atoms with Crippen LogP contribution in [0.3, 0.4) is 0 Å². The third kappa shape index (κ3) is 4.07. The van der Waals surface area contributed by atoms with E-state index in [1.54, 1.807) is 11.1 Å². The molecule has 0 saturated carbocycles. The van der Waals surface area contributed by atoms with Crippen molar-refractivity contribution in [2.24, 2.45) is 5.92 Å². The van der Waals surface area contributed by atoms with Gasteiger partial charge in [0.15, 0.2) is 0 Å².